The van der Waals surface area contributed by atoms with E-state index in [1.807, 2.05) is 0 Å². The fraction of sp³-hybridized carbons (Fsp3) is 0.0435. The van der Waals surface area contributed by atoms with Crippen molar-refractivity contribution in [2.24, 2.45) is 4.40 Å². The maximum Gasteiger partial charge on any atom is 0.282 e. The summed E-state index contributed by atoms with van der Waals surface area (Å²) in [6.45, 7) is 0. The molecule has 32 heavy (non-hydrogen) atoms. The third-order valence-electron chi connectivity index (χ3n) is 4.86. The highest BCUT2D eigenvalue weighted by Crippen LogP contribution is 2.30. The number of rotatable bonds is 5. The molecule has 0 saturated heterocycles. The van der Waals surface area contributed by atoms with Crippen LogP contribution in [0.5, 0.6) is 5.75 Å². The maximum absolute atomic E-state index is 13.2. The second-order valence-corrected chi connectivity index (χ2v) is 10.3. The zero-order valence-corrected chi connectivity index (χ0v) is 18.4. The molecule has 0 saturated carbocycles. The zero-order chi connectivity index (χ0) is 22.9. The van der Waals surface area contributed by atoms with E-state index in [2.05, 4.69) is 4.40 Å². The second kappa shape index (κ2) is 8.18. The standard InChI is InChI=1S/C23H17NO6S2/c1-30-16-11-13-18(14-12-16)32(28,29)24-21-15-22(23(25)20-10-6-5-9-19(20)21)31(26,27)17-7-3-2-4-8-17/h2-15H,1H3. The summed E-state index contributed by atoms with van der Waals surface area (Å²) in [5.41, 5.74) is 0.167. The minimum absolute atomic E-state index is 0.0631. The van der Waals surface area contributed by atoms with Crippen LogP contribution in [0, 0.1) is 0 Å². The first-order chi connectivity index (χ1) is 15.2. The molecule has 0 spiro atoms. The molecule has 0 atom stereocenters. The monoisotopic (exact) mass is 467 g/mol. The van der Waals surface area contributed by atoms with Gasteiger partial charge in [-0.15, -0.1) is 0 Å². The summed E-state index contributed by atoms with van der Waals surface area (Å²) in [6.07, 6.45) is 1.02. The van der Waals surface area contributed by atoms with Crippen molar-refractivity contribution in [2.45, 2.75) is 9.79 Å². The topological polar surface area (TPSA) is 107 Å². The Balaban J connectivity index is 1.90. The van der Waals surface area contributed by atoms with Crippen molar-refractivity contribution in [3.05, 3.63) is 101 Å². The summed E-state index contributed by atoms with van der Waals surface area (Å²) < 4.78 is 61.1. The number of ether oxygens (including phenoxy) is 1. The summed E-state index contributed by atoms with van der Waals surface area (Å²) >= 11 is 0. The van der Waals surface area contributed by atoms with Crippen LogP contribution in [0.2, 0.25) is 0 Å². The Morgan fingerprint density at radius 3 is 1.94 bits per heavy atom. The lowest BCUT2D eigenvalue weighted by atomic mass is 9.94. The Morgan fingerprint density at radius 2 is 1.31 bits per heavy atom. The fourth-order valence-electron chi connectivity index (χ4n) is 3.24. The van der Waals surface area contributed by atoms with Gasteiger partial charge < -0.3 is 4.74 Å². The van der Waals surface area contributed by atoms with Gasteiger partial charge in [-0.25, -0.2) is 8.42 Å². The lowest BCUT2D eigenvalue weighted by Gasteiger charge is -2.17. The molecule has 0 heterocycles. The van der Waals surface area contributed by atoms with Crippen molar-refractivity contribution in [3.63, 3.8) is 0 Å². The third kappa shape index (κ3) is 3.88. The highest BCUT2D eigenvalue weighted by molar-refractivity contribution is 7.96. The van der Waals surface area contributed by atoms with Gasteiger partial charge in [-0.05, 0) is 42.5 Å². The number of Topliss-reactive ketones (excluding diaryl/α,β-unsaturated/α-hetero) is 1. The second-order valence-electron chi connectivity index (χ2n) is 6.83. The van der Waals surface area contributed by atoms with E-state index >= 15 is 0 Å². The number of nitrogens with zero attached hydrogens (tertiary/aromatic N) is 1. The van der Waals surface area contributed by atoms with E-state index in [4.69, 9.17) is 4.74 Å². The highest BCUT2D eigenvalue weighted by Gasteiger charge is 2.34. The van der Waals surface area contributed by atoms with Crippen molar-refractivity contribution >= 4 is 31.4 Å². The van der Waals surface area contributed by atoms with E-state index in [9.17, 15) is 21.6 Å². The predicted octanol–water partition coefficient (Wildman–Crippen LogP) is 3.43. The van der Waals surface area contributed by atoms with Gasteiger partial charge in [-0.1, -0.05) is 42.5 Å². The first kappa shape index (κ1) is 21.7. The molecule has 3 aromatic carbocycles. The largest absolute Gasteiger partial charge is 0.497 e. The Labute approximate surface area is 185 Å². The molecule has 3 aromatic rings. The van der Waals surface area contributed by atoms with Crippen LogP contribution in [0.4, 0.5) is 0 Å². The summed E-state index contributed by atoms with van der Waals surface area (Å²) in [7, 11) is -6.94. The average Bonchev–Trinajstić information content (AvgIpc) is 2.81. The Bertz CT molecular complexity index is 1470. The molecule has 0 fully saturated rings. The molecule has 0 N–H and O–H groups in total. The molecule has 4 rings (SSSR count). The molecule has 162 valence electrons. The molecule has 0 bridgehead atoms. The van der Waals surface area contributed by atoms with Crippen LogP contribution < -0.4 is 4.74 Å². The van der Waals surface area contributed by atoms with E-state index in [1.54, 1.807) is 18.2 Å². The van der Waals surface area contributed by atoms with Gasteiger partial charge in [0.05, 0.1) is 22.6 Å². The quantitative estimate of drug-likeness (QED) is 0.569. The Morgan fingerprint density at radius 1 is 0.719 bits per heavy atom. The van der Waals surface area contributed by atoms with Crippen LogP contribution >= 0.6 is 0 Å². The molecule has 0 radical (unpaired) electrons. The highest BCUT2D eigenvalue weighted by atomic mass is 32.2. The Kier molecular flexibility index (Phi) is 5.53. The zero-order valence-electron chi connectivity index (χ0n) is 16.8. The number of hydrogen-bond acceptors (Lipinski definition) is 6. The maximum atomic E-state index is 13.2. The van der Waals surface area contributed by atoms with Crippen LogP contribution in [0.3, 0.4) is 0 Å². The van der Waals surface area contributed by atoms with E-state index in [0.717, 1.165) is 6.08 Å². The van der Waals surface area contributed by atoms with E-state index in [1.165, 1.54) is 67.8 Å². The molecule has 0 aliphatic heterocycles. The number of carbonyl (C=O) groups excluding carboxylic acids is 1. The summed E-state index contributed by atoms with van der Waals surface area (Å²) in [4.78, 5) is 12.3. The van der Waals surface area contributed by atoms with Gasteiger partial charge >= 0.3 is 0 Å². The van der Waals surface area contributed by atoms with Crippen molar-refractivity contribution in [2.75, 3.05) is 7.11 Å². The van der Waals surface area contributed by atoms with Gasteiger partial charge in [0.25, 0.3) is 10.0 Å². The molecule has 1 aliphatic carbocycles. The van der Waals surface area contributed by atoms with Gasteiger partial charge in [0.15, 0.2) is 0 Å². The van der Waals surface area contributed by atoms with Crippen LogP contribution in [0.1, 0.15) is 15.9 Å². The number of benzene rings is 3. The van der Waals surface area contributed by atoms with Crippen LogP contribution in [-0.4, -0.2) is 35.4 Å². The molecule has 0 amide bonds. The van der Waals surface area contributed by atoms with Gasteiger partial charge in [0, 0.05) is 11.1 Å². The summed E-state index contributed by atoms with van der Waals surface area (Å²) in [5.74, 6) is -0.244. The van der Waals surface area contributed by atoms with Crippen LogP contribution in [0.15, 0.2) is 104 Å². The predicted molar refractivity (Wildman–Crippen MR) is 119 cm³/mol. The fourth-order valence-corrected chi connectivity index (χ4v) is 5.62. The molecule has 7 nitrogen and oxygen atoms in total. The van der Waals surface area contributed by atoms with Gasteiger partial charge in [-0.3, -0.25) is 4.79 Å². The summed E-state index contributed by atoms with van der Waals surface area (Å²) in [5, 5.41) is 0. The minimum Gasteiger partial charge on any atom is -0.497 e. The number of fused-ring (bicyclic) bond motifs is 1. The molecular formula is C23H17NO6S2. The number of hydrogen-bond donors (Lipinski definition) is 0. The van der Waals surface area contributed by atoms with Crippen molar-refractivity contribution < 1.29 is 26.4 Å². The molecule has 0 aromatic heterocycles. The number of allylic oxidation sites excluding steroid dienone is 2. The van der Waals surface area contributed by atoms with Gasteiger partial charge in [0.1, 0.15) is 10.7 Å². The number of sulfonamides is 1. The third-order valence-corrected chi connectivity index (χ3v) is 7.94. The van der Waals surface area contributed by atoms with Crippen LogP contribution in [-0.2, 0) is 19.9 Å². The molecule has 1 aliphatic rings. The molecule has 0 unspecified atom stereocenters. The lowest BCUT2D eigenvalue weighted by Crippen LogP contribution is -2.23. The molecular weight excluding hydrogens is 450 g/mol. The minimum atomic E-state index is -4.20. The Hall–Kier alpha value is -3.56. The lowest BCUT2D eigenvalue weighted by molar-refractivity contribution is 0.104. The smallest absolute Gasteiger partial charge is 0.282 e. The van der Waals surface area contributed by atoms with Crippen molar-refractivity contribution in [1.82, 2.24) is 0 Å². The van der Waals surface area contributed by atoms with Crippen molar-refractivity contribution in [1.29, 1.82) is 0 Å². The van der Waals surface area contributed by atoms with E-state index in [-0.39, 0.29) is 26.6 Å². The normalized spacial score (nSPS) is 15.2. The SMILES string of the molecule is COc1ccc(S(=O)(=O)N=C2C=C(S(=O)(=O)c3ccccc3)C(=O)c3ccccc32)cc1. The first-order valence-electron chi connectivity index (χ1n) is 9.39. The number of methoxy groups -OCH3 is 1. The van der Waals surface area contributed by atoms with Crippen LogP contribution in [0.25, 0.3) is 0 Å². The van der Waals surface area contributed by atoms with Gasteiger partial charge in [0.2, 0.25) is 15.6 Å². The summed E-state index contributed by atoms with van der Waals surface area (Å²) in [6, 6.07) is 19.3. The average molecular weight is 468 g/mol. The van der Waals surface area contributed by atoms with E-state index < -0.39 is 30.5 Å². The van der Waals surface area contributed by atoms with Gasteiger partial charge in [-0.2, -0.15) is 12.8 Å². The van der Waals surface area contributed by atoms with E-state index in [0.29, 0.717) is 5.75 Å². The first-order valence-corrected chi connectivity index (χ1v) is 12.3. The molecule has 9 heteroatoms. The van der Waals surface area contributed by atoms with Crippen molar-refractivity contribution in [3.8, 4) is 5.75 Å². The number of ketones is 1. The number of sulfone groups is 1. The number of carbonyl (C=O) groups is 1.